The summed E-state index contributed by atoms with van der Waals surface area (Å²) in [6, 6.07) is 20.3. The van der Waals surface area contributed by atoms with Gasteiger partial charge in [0.2, 0.25) is 0 Å². The Morgan fingerprint density at radius 1 is 1.07 bits per heavy atom. The van der Waals surface area contributed by atoms with Crippen LogP contribution in [0.4, 0.5) is 5.69 Å². The van der Waals surface area contributed by atoms with E-state index < -0.39 is 0 Å². The van der Waals surface area contributed by atoms with Crippen molar-refractivity contribution in [3.05, 3.63) is 89.7 Å². The lowest BCUT2D eigenvalue weighted by molar-refractivity contribution is -0.121. The number of aromatic nitrogens is 1. The number of hydrogen-bond donors (Lipinski definition) is 1. The molecule has 1 N–H and O–H groups in total. The Kier molecular flexibility index (Phi) is 5.01. The Balaban J connectivity index is 1.48. The topological polar surface area (TPSA) is 71.5 Å². The number of hydrogen-bond acceptors (Lipinski definition) is 4. The second kappa shape index (κ2) is 7.92. The van der Waals surface area contributed by atoms with Crippen LogP contribution in [0.15, 0.2) is 72.9 Å². The number of rotatable bonds is 5. The van der Waals surface area contributed by atoms with Gasteiger partial charge < -0.3 is 15.0 Å². The van der Waals surface area contributed by atoms with E-state index in [2.05, 4.69) is 10.3 Å². The van der Waals surface area contributed by atoms with Crippen LogP contribution in [0.2, 0.25) is 0 Å². The number of pyridine rings is 1. The first-order valence-corrected chi connectivity index (χ1v) is 9.00. The zero-order chi connectivity index (χ0) is 19.3. The van der Waals surface area contributed by atoms with Gasteiger partial charge in [-0.2, -0.15) is 0 Å². The van der Waals surface area contributed by atoms with E-state index in [1.165, 1.54) is 0 Å². The molecule has 2 amide bonds. The number of para-hydroxylation sites is 2. The van der Waals surface area contributed by atoms with Crippen molar-refractivity contribution in [2.75, 3.05) is 11.5 Å². The normalized spacial score (nSPS) is 12.9. The third-order valence-electron chi connectivity index (χ3n) is 4.49. The molecule has 4 rings (SSSR count). The van der Waals surface area contributed by atoms with Gasteiger partial charge in [-0.25, -0.2) is 0 Å². The molecule has 0 unspecified atom stereocenters. The van der Waals surface area contributed by atoms with E-state index in [0.29, 0.717) is 24.4 Å². The third-order valence-corrected chi connectivity index (χ3v) is 4.49. The molecular weight excluding hydrogens is 354 g/mol. The van der Waals surface area contributed by atoms with E-state index >= 15 is 0 Å². The first-order chi connectivity index (χ1) is 13.7. The van der Waals surface area contributed by atoms with E-state index in [9.17, 15) is 9.59 Å². The van der Waals surface area contributed by atoms with Crippen LogP contribution in [0.3, 0.4) is 0 Å². The molecule has 0 saturated carbocycles. The van der Waals surface area contributed by atoms with E-state index in [1.807, 2.05) is 54.6 Å². The highest BCUT2D eigenvalue weighted by Gasteiger charge is 2.25. The van der Waals surface area contributed by atoms with Gasteiger partial charge in [0.25, 0.3) is 11.8 Å². The molecule has 0 aliphatic carbocycles. The molecule has 6 heteroatoms. The molecule has 6 nitrogen and oxygen atoms in total. The smallest absolute Gasteiger partial charge is 0.265 e. The second-order valence-electron chi connectivity index (χ2n) is 6.44. The monoisotopic (exact) mass is 373 g/mol. The second-order valence-corrected chi connectivity index (χ2v) is 6.44. The SMILES string of the molecule is O=C(NCc1ccccn1)c1cccc(CN2C(=O)COc3ccccc32)c1. The summed E-state index contributed by atoms with van der Waals surface area (Å²) in [4.78, 5) is 30.7. The molecule has 0 atom stereocenters. The lowest BCUT2D eigenvalue weighted by atomic mass is 10.1. The van der Waals surface area contributed by atoms with Crippen LogP contribution in [-0.4, -0.2) is 23.4 Å². The Hall–Kier alpha value is -3.67. The molecule has 0 spiro atoms. The van der Waals surface area contributed by atoms with Gasteiger partial charge in [0.1, 0.15) is 5.75 Å². The first kappa shape index (κ1) is 17.7. The minimum atomic E-state index is -0.179. The summed E-state index contributed by atoms with van der Waals surface area (Å²) in [6.45, 7) is 0.751. The molecule has 2 aromatic carbocycles. The molecule has 3 aromatic rings. The summed E-state index contributed by atoms with van der Waals surface area (Å²) in [6.07, 6.45) is 1.69. The first-order valence-electron chi connectivity index (χ1n) is 9.00. The molecule has 140 valence electrons. The number of fused-ring (bicyclic) bond motifs is 1. The Labute approximate surface area is 162 Å². The maximum atomic E-state index is 12.5. The van der Waals surface area contributed by atoms with Gasteiger partial charge >= 0.3 is 0 Å². The lowest BCUT2D eigenvalue weighted by Gasteiger charge is -2.29. The quantitative estimate of drug-likeness (QED) is 0.746. The number of anilines is 1. The zero-order valence-corrected chi connectivity index (χ0v) is 15.2. The lowest BCUT2D eigenvalue weighted by Crippen LogP contribution is -2.38. The summed E-state index contributed by atoms with van der Waals surface area (Å²) in [5.74, 6) is 0.399. The molecule has 1 aliphatic heterocycles. The molecular formula is C22H19N3O3. The summed E-state index contributed by atoms with van der Waals surface area (Å²) < 4.78 is 5.48. The van der Waals surface area contributed by atoms with E-state index in [1.54, 1.807) is 23.2 Å². The van der Waals surface area contributed by atoms with Gasteiger partial charge in [0.15, 0.2) is 6.61 Å². The van der Waals surface area contributed by atoms with Crippen molar-refractivity contribution in [3.63, 3.8) is 0 Å². The van der Waals surface area contributed by atoms with Crippen molar-refractivity contribution in [3.8, 4) is 5.75 Å². The van der Waals surface area contributed by atoms with Crippen molar-refractivity contribution >= 4 is 17.5 Å². The molecule has 1 aromatic heterocycles. The van der Waals surface area contributed by atoms with E-state index in [0.717, 1.165) is 16.9 Å². The summed E-state index contributed by atoms with van der Waals surface area (Å²) >= 11 is 0. The van der Waals surface area contributed by atoms with E-state index in [-0.39, 0.29) is 18.4 Å². The van der Waals surface area contributed by atoms with Crippen LogP contribution in [0, 0.1) is 0 Å². The van der Waals surface area contributed by atoms with Gasteiger partial charge in [0, 0.05) is 11.8 Å². The molecule has 0 fully saturated rings. The largest absolute Gasteiger partial charge is 0.482 e. The predicted octanol–water partition coefficient (Wildman–Crippen LogP) is 2.94. The fraction of sp³-hybridized carbons (Fsp3) is 0.136. The van der Waals surface area contributed by atoms with Crippen LogP contribution in [0.25, 0.3) is 0 Å². The molecule has 1 aliphatic rings. The predicted molar refractivity (Wildman–Crippen MR) is 105 cm³/mol. The number of carbonyl (C=O) groups excluding carboxylic acids is 2. The standard InChI is InChI=1S/C22H19N3O3/c26-21-15-28-20-10-2-1-9-19(20)25(21)14-16-6-5-7-17(12-16)22(27)24-13-18-8-3-4-11-23-18/h1-12H,13-15H2,(H,24,27). The van der Waals surface area contributed by atoms with Gasteiger partial charge in [0.05, 0.1) is 24.5 Å². The highest BCUT2D eigenvalue weighted by Crippen LogP contribution is 2.32. The zero-order valence-electron chi connectivity index (χ0n) is 15.2. The number of benzene rings is 2. The Morgan fingerprint density at radius 2 is 1.93 bits per heavy atom. The molecule has 0 saturated heterocycles. The van der Waals surface area contributed by atoms with Crippen LogP contribution >= 0.6 is 0 Å². The number of amides is 2. The fourth-order valence-electron chi connectivity index (χ4n) is 3.10. The molecule has 0 radical (unpaired) electrons. The summed E-state index contributed by atoms with van der Waals surface area (Å²) in [5.41, 5.74) is 2.95. The average Bonchev–Trinajstić information content (AvgIpc) is 2.75. The van der Waals surface area contributed by atoms with Gasteiger partial charge in [-0.05, 0) is 42.0 Å². The molecule has 2 heterocycles. The number of nitrogens with one attached hydrogen (secondary N) is 1. The van der Waals surface area contributed by atoms with Crippen molar-refractivity contribution in [1.82, 2.24) is 10.3 Å². The Morgan fingerprint density at radius 3 is 2.79 bits per heavy atom. The highest BCUT2D eigenvalue weighted by molar-refractivity contribution is 5.98. The third kappa shape index (κ3) is 3.86. The van der Waals surface area contributed by atoms with Gasteiger partial charge in [-0.3, -0.25) is 14.6 Å². The number of carbonyl (C=O) groups is 2. The summed E-state index contributed by atoms with van der Waals surface area (Å²) in [7, 11) is 0. The molecule has 0 bridgehead atoms. The average molecular weight is 373 g/mol. The van der Waals surface area contributed by atoms with Crippen LogP contribution in [-0.2, 0) is 17.9 Å². The van der Waals surface area contributed by atoms with Gasteiger partial charge in [-0.15, -0.1) is 0 Å². The number of nitrogens with zero attached hydrogens (tertiary/aromatic N) is 2. The van der Waals surface area contributed by atoms with Crippen molar-refractivity contribution < 1.29 is 14.3 Å². The number of ether oxygens (including phenoxy) is 1. The fourth-order valence-corrected chi connectivity index (χ4v) is 3.10. The van der Waals surface area contributed by atoms with Crippen LogP contribution in [0.5, 0.6) is 5.75 Å². The molecule has 28 heavy (non-hydrogen) atoms. The highest BCUT2D eigenvalue weighted by atomic mass is 16.5. The van der Waals surface area contributed by atoms with Crippen LogP contribution < -0.4 is 15.0 Å². The van der Waals surface area contributed by atoms with Crippen molar-refractivity contribution in [2.24, 2.45) is 0 Å². The maximum absolute atomic E-state index is 12.5. The summed E-state index contributed by atoms with van der Waals surface area (Å²) in [5, 5.41) is 2.87. The van der Waals surface area contributed by atoms with Crippen molar-refractivity contribution in [2.45, 2.75) is 13.1 Å². The Bertz CT molecular complexity index is 1000. The van der Waals surface area contributed by atoms with Gasteiger partial charge in [-0.1, -0.05) is 30.3 Å². The van der Waals surface area contributed by atoms with Crippen molar-refractivity contribution in [1.29, 1.82) is 0 Å². The van der Waals surface area contributed by atoms with E-state index in [4.69, 9.17) is 4.74 Å². The van der Waals surface area contributed by atoms with Crippen LogP contribution in [0.1, 0.15) is 21.6 Å². The maximum Gasteiger partial charge on any atom is 0.265 e. The minimum absolute atomic E-state index is 0.0151. The minimum Gasteiger partial charge on any atom is -0.482 e.